The van der Waals surface area contributed by atoms with Gasteiger partial charge >= 0.3 is 0 Å². The van der Waals surface area contributed by atoms with Crippen LogP contribution in [0.1, 0.15) is 12.5 Å². The maximum atomic E-state index is 6.52. The smallest absolute Gasteiger partial charge is 0.144 e. The molecule has 0 atom stereocenters. The Kier molecular flexibility index (Phi) is 5.21. The van der Waals surface area contributed by atoms with Gasteiger partial charge < -0.3 is 4.57 Å². The maximum Gasteiger partial charge on any atom is 0.144 e. The van der Waals surface area contributed by atoms with Crippen molar-refractivity contribution < 1.29 is 0 Å². The Bertz CT molecular complexity index is 1100. The van der Waals surface area contributed by atoms with Crippen LogP contribution in [0.3, 0.4) is 0 Å². The van der Waals surface area contributed by atoms with E-state index < -0.39 is 0 Å². The van der Waals surface area contributed by atoms with Crippen molar-refractivity contribution in [3.05, 3.63) is 82.6 Å². The molecule has 0 saturated heterocycles. The number of hydrogen-bond acceptors (Lipinski definition) is 2. The van der Waals surface area contributed by atoms with Gasteiger partial charge in [-0.1, -0.05) is 59.1 Å². The average Bonchev–Trinajstić information content (AvgIpc) is 3.08. The van der Waals surface area contributed by atoms with Gasteiger partial charge in [-0.2, -0.15) is 0 Å². The van der Waals surface area contributed by atoms with Gasteiger partial charge in [0, 0.05) is 30.1 Å². The van der Waals surface area contributed by atoms with Crippen molar-refractivity contribution >= 4 is 23.2 Å². The number of rotatable bonds is 4. The van der Waals surface area contributed by atoms with Crippen molar-refractivity contribution in [2.45, 2.75) is 20.4 Å². The quantitative estimate of drug-likeness (QED) is 0.367. The molecule has 0 bridgehead atoms. The van der Waals surface area contributed by atoms with Crippen molar-refractivity contribution in [3.8, 4) is 33.9 Å². The van der Waals surface area contributed by atoms with Gasteiger partial charge in [0.15, 0.2) is 0 Å². The summed E-state index contributed by atoms with van der Waals surface area (Å²) in [6, 6.07) is 17.9. The molecule has 2 heterocycles. The minimum absolute atomic E-state index is 0.587. The largest absolute Gasteiger partial charge is 0.324 e. The van der Waals surface area contributed by atoms with Crippen LogP contribution in [0.15, 0.2) is 67.0 Å². The summed E-state index contributed by atoms with van der Waals surface area (Å²) in [6.07, 6.45) is 3.56. The molecule has 5 heteroatoms. The van der Waals surface area contributed by atoms with Crippen LogP contribution in [0.2, 0.25) is 10.0 Å². The zero-order valence-electron chi connectivity index (χ0n) is 15.7. The lowest BCUT2D eigenvalue weighted by Crippen LogP contribution is -2.01. The summed E-state index contributed by atoms with van der Waals surface area (Å²) in [5.74, 6) is 0.764. The van der Waals surface area contributed by atoms with Gasteiger partial charge in [-0.3, -0.25) is 4.98 Å². The summed E-state index contributed by atoms with van der Waals surface area (Å²) < 4.78 is 2.17. The van der Waals surface area contributed by atoms with Crippen LogP contribution < -0.4 is 0 Å². The molecule has 3 nitrogen and oxygen atoms in total. The first-order valence-corrected chi connectivity index (χ1v) is 9.88. The molecule has 0 fully saturated rings. The van der Waals surface area contributed by atoms with Crippen molar-refractivity contribution in [2.75, 3.05) is 0 Å². The first-order chi connectivity index (χ1) is 13.6. The molecule has 28 heavy (non-hydrogen) atoms. The molecule has 0 N–H and O–H groups in total. The number of aryl methyl sites for hydroxylation is 1. The average molecular weight is 408 g/mol. The fourth-order valence-electron chi connectivity index (χ4n) is 3.38. The number of halogens is 2. The van der Waals surface area contributed by atoms with Crippen LogP contribution in [0.5, 0.6) is 0 Å². The molecule has 4 aromatic rings. The first kappa shape index (κ1) is 18.7. The number of benzene rings is 2. The minimum atomic E-state index is 0.587. The molecule has 4 rings (SSSR count). The molecule has 0 aliphatic rings. The highest BCUT2D eigenvalue weighted by Crippen LogP contribution is 2.40. The number of nitrogens with zero attached hydrogens (tertiary/aromatic N) is 3. The number of hydrogen-bond donors (Lipinski definition) is 0. The molecule has 0 unspecified atom stereocenters. The van der Waals surface area contributed by atoms with Crippen molar-refractivity contribution in [2.24, 2.45) is 0 Å². The van der Waals surface area contributed by atoms with Gasteiger partial charge in [0.2, 0.25) is 0 Å². The summed E-state index contributed by atoms with van der Waals surface area (Å²) in [4.78, 5) is 9.15. The van der Waals surface area contributed by atoms with Crippen LogP contribution >= 0.6 is 23.2 Å². The second-order valence-electron chi connectivity index (χ2n) is 6.58. The standard InChI is InChI=1S/C23H19Cl2N3/c1-3-28-22(17-9-7-15(2)8-10-17)21(16-11-13-26-14-12-16)27-23(28)20-18(24)5-4-6-19(20)25/h4-14H,3H2,1-2H3. The Labute approximate surface area is 174 Å². The molecule has 0 radical (unpaired) electrons. The van der Waals surface area contributed by atoms with E-state index in [2.05, 4.69) is 47.7 Å². The highest BCUT2D eigenvalue weighted by molar-refractivity contribution is 6.39. The molecule has 0 aliphatic carbocycles. The molecule has 0 aliphatic heterocycles. The van der Waals surface area contributed by atoms with E-state index in [9.17, 15) is 0 Å². The van der Waals surface area contributed by atoms with Gasteiger partial charge in [0.05, 0.1) is 27.0 Å². The van der Waals surface area contributed by atoms with Crippen LogP contribution in [0.4, 0.5) is 0 Å². The predicted molar refractivity (Wildman–Crippen MR) is 117 cm³/mol. The fourth-order valence-corrected chi connectivity index (χ4v) is 3.94. The third-order valence-electron chi connectivity index (χ3n) is 4.75. The lowest BCUT2D eigenvalue weighted by atomic mass is 10.0. The SMILES string of the molecule is CCn1c(-c2c(Cl)cccc2Cl)nc(-c2ccncc2)c1-c1ccc(C)cc1. The normalized spacial score (nSPS) is 11.0. The van der Waals surface area contributed by atoms with Crippen LogP contribution in [-0.4, -0.2) is 14.5 Å². The Balaban J connectivity index is 2.06. The third kappa shape index (κ3) is 3.32. The Morgan fingerprint density at radius 1 is 0.857 bits per heavy atom. The molecule has 0 saturated carbocycles. The lowest BCUT2D eigenvalue weighted by molar-refractivity contribution is 0.778. The van der Waals surface area contributed by atoms with Crippen LogP contribution in [0, 0.1) is 6.92 Å². The van der Waals surface area contributed by atoms with E-state index in [4.69, 9.17) is 28.2 Å². The maximum absolute atomic E-state index is 6.52. The van der Waals surface area contributed by atoms with Gasteiger partial charge in [-0.05, 0) is 38.1 Å². The fraction of sp³-hybridized carbons (Fsp3) is 0.130. The molecule has 2 aromatic heterocycles. The number of aromatic nitrogens is 3. The summed E-state index contributed by atoms with van der Waals surface area (Å²) in [6.45, 7) is 4.92. The minimum Gasteiger partial charge on any atom is -0.324 e. The monoisotopic (exact) mass is 407 g/mol. The van der Waals surface area contributed by atoms with E-state index in [1.54, 1.807) is 12.4 Å². The summed E-state index contributed by atoms with van der Waals surface area (Å²) in [7, 11) is 0. The molecule has 0 amide bonds. The second kappa shape index (κ2) is 7.78. The first-order valence-electron chi connectivity index (χ1n) is 9.12. The van der Waals surface area contributed by atoms with E-state index >= 15 is 0 Å². The van der Waals surface area contributed by atoms with Crippen molar-refractivity contribution in [1.82, 2.24) is 14.5 Å². The molecule has 140 valence electrons. The zero-order chi connectivity index (χ0) is 19.7. The Morgan fingerprint density at radius 3 is 2.11 bits per heavy atom. The van der Waals surface area contributed by atoms with Crippen LogP contribution in [0.25, 0.3) is 33.9 Å². The van der Waals surface area contributed by atoms with Gasteiger partial charge in [0.25, 0.3) is 0 Å². The molecule has 0 spiro atoms. The van der Waals surface area contributed by atoms with Gasteiger partial charge in [0.1, 0.15) is 5.82 Å². The zero-order valence-corrected chi connectivity index (χ0v) is 17.2. The lowest BCUT2D eigenvalue weighted by Gasteiger charge is -2.13. The van der Waals surface area contributed by atoms with E-state index in [-0.39, 0.29) is 0 Å². The highest BCUT2D eigenvalue weighted by Gasteiger charge is 2.23. The second-order valence-corrected chi connectivity index (χ2v) is 7.39. The Hall–Kier alpha value is -2.62. The van der Waals surface area contributed by atoms with Gasteiger partial charge in [-0.15, -0.1) is 0 Å². The number of imidazole rings is 1. The van der Waals surface area contributed by atoms with E-state index in [1.165, 1.54) is 5.56 Å². The van der Waals surface area contributed by atoms with Gasteiger partial charge in [-0.25, -0.2) is 4.98 Å². The van der Waals surface area contributed by atoms with E-state index in [1.807, 2.05) is 30.3 Å². The topological polar surface area (TPSA) is 30.7 Å². The molecular formula is C23H19Cl2N3. The number of pyridine rings is 1. The van der Waals surface area contributed by atoms with E-state index in [0.29, 0.717) is 10.0 Å². The summed E-state index contributed by atoms with van der Waals surface area (Å²) in [5, 5.41) is 1.17. The highest BCUT2D eigenvalue weighted by atomic mass is 35.5. The van der Waals surface area contributed by atoms with E-state index in [0.717, 1.165) is 40.4 Å². The van der Waals surface area contributed by atoms with Crippen molar-refractivity contribution in [1.29, 1.82) is 0 Å². The van der Waals surface area contributed by atoms with Crippen molar-refractivity contribution in [3.63, 3.8) is 0 Å². The third-order valence-corrected chi connectivity index (χ3v) is 5.38. The summed E-state index contributed by atoms with van der Waals surface area (Å²) in [5.41, 5.74) is 6.00. The predicted octanol–water partition coefficient (Wildman–Crippen LogP) is 6.91. The van der Waals surface area contributed by atoms with Crippen LogP contribution in [-0.2, 0) is 6.54 Å². The summed E-state index contributed by atoms with van der Waals surface area (Å²) >= 11 is 13.0. The molecular weight excluding hydrogens is 389 g/mol. The Morgan fingerprint density at radius 2 is 1.50 bits per heavy atom. The molecule has 2 aromatic carbocycles.